The van der Waals surface area contributed by atoms with E-state index in [1.54, 1.807) is 6.92 Å². The lowest BCUT2D eigenvalue weighted by molar-refractivity contribution is -0.114. The number of carbonyl (C=O) groups is 1. The molecule has 0 spiro atoms. The molecule has 0 bridgehead atoms. The van der Waals surface area contributed by atoms with Gasteiger partial charge in [0, 0.05) is 5.70 Å². The molecule has 20 heavy (non-hydrogen) atoms. The lowest BCUT2D eigenvalue weighted by Crippen LogP contribution is -2.32. The molecule has 1 unspecified atom stereocenters. The highest BCUT2D eigenvalue weighted by atomic mass is 32.2. The Morgan fingerprint density at radius 1 is 1.50 bits per heavy atom. The van der Waals surface area contributed by atoms with Crippen molar-refractivity contribution in [3.8, 4) is 6.07 Å². The first-order valence-electron chi connectivity index (χ1n) is 6.03. The van der Waals surface area contributed by atoms with E-state index < -0.39 is 11.9 Å². The summed E-state index contributed by atoms with van der Waals surface area (Å²) in [5, 5.41) is 12.3. The van der Waals surface area contributed by atoms with Crippen LogP contribution in [-0.2, 0) is 4.79 Å². The Bertz CT molecular complexity index is 616. The van der Waals surface area contributed by atoms with Gasteiger partial charge in [-0.05, 0) is 12.5 Å². The van der Waals surface area contributed by atoms with Gasteiger partial charge in [-0.15, -0.1) is 0 Å². The largest absolute Gasteiger partial charge is 0.366 e. The van der Waals surface area contributed by atoms with E-state index in [1.807, 2.05) is 30.3 Å². The van der Waals surface area contributed by atoms with Crippen molar-refractivity contribution in [2.45, 2.75) is 13.0 Å². The number of nitrogens with two attached hydrogens (primary N) is 1. The Kier molecular flexibility index (Phi) is 4.43. The van der Waals surface area contributed by atoms with Gasteiger partial charge in [-0.2, -0.15) is 5.26 Å². The van der Waals surface area contributed by atoms with Gasteiger partial charge in [-0.3, -0.25) is 4.79 Å². The fraction of sp³-hybridized carbons (Fsp3) is 0.214. The van der Waals surface area contributed by atoms with E-state index in [2.05, 4.69) is 16.4 Å². The van der Waals surface area contributed by atoms with E-state index in [4.69, 9.17) is 11.0 Å². The van der Waals surface area contributed by atoms with Crippen molar-refractivity contribution in [2.75, 3.05) is 5.75 Å². The van der Waals surface area contributed by atoms with Crippen molar-refractivity contribution in [2.24, 2.45) is 10.7 Å². The van der Waals surface area contributed by atoms with Gasteiger partial charge in [-0.1, -0.05) is 42.1 Å². The zero-order valence-electron chi connectivity index (χ0n) is 11.0. The van der Waals surface area contributed by atoms with Crippen LogP contribution < -0.4 is 11.1 Å². The zero-order valence-corrected chi connectivity index (χ0v) is 11.8. The topological polar surface area (TPSA) is 91.3 Å². The predicted molar refractivity (Wildman–Crippen MR) is 79.7 cm³/mol. The Balaban J connectivity index is 2.40. The number of hydrogen-bond acceptors (Lipinski definition) is 5. The van der Waals surface area contributed by atoms with Gasteiger partial charge < -0.3 is 11.1 Å². The van der Waals surface area contributed by atoms with Crippen LogP contribution in [0.15, 0.2) is 46.6 Å². The summed E-state index contributed by atoms with van der Waals surface area (Å²) >= 11 is 1.30. The molecule has 6 heteroatoms. The van der Waals surface area contributed by atoms with Gasteiger partial charge in [0.2, 0.25) is 5.91 Å². The van der Waals surface area contributed by atoms with E-state index in [0.717, 1.165) is 5.56 Å². The van der Waals surface area contributed by atoms with Crippen LogP contribution in [-0.4, -0.2) is 16.8 Å². The highest BCUT2D eigenvalue weighted by Crippen LogP contribution is 2.31. The summed E-state index contributed by atoms with van der Waals surface area (Å²) in [4.78, 5) is 16.2. The number of amides is 1. The number of nitriles is 1. The second-order valence-electron chi connectivity index (χ2n) is 4.22. The van der Waals surface area contributed by atoms with Crippen LogP contribution in [0.3, 0.4) is 0 Å². The first-order chi connectivity index (χ1) is 9.63. The Morgan fingerprint density at radius 3 is 2.80 bits per heavy atom. The summed E-state index contributed by atoms with van der Waals surface area (Å²) < 4.78 is 0. The van der Waals surface area contributed by atoms with Crippen molar-refractivity contribution in [3.63, 3.8) is 0 Å². The van der Waals surface area contributed by atoms with Gasteiger partial charge in [0.15, 0.2) is 5.17 Å². The number of carbonyl (C=O) groups excluding carboxylic acids is 1. The molecule has 102 valence electrons. The van der Waals surface area contributed by atoms with Crippen LogP contribution in [0.25, 0.3) is 0 Å². The second-order valence-corrected chi connectivity index (χ2v) is 5.19. The average Bonchev–Trinajstić information content (AvgIpc) is 2.45. The summed E-state index contributed by atoms with van der Waals surface area (Å²) in [6.07, 6.45) is 0. The van der Waals surface area contributed by atoms with E-state index in [1.165, 1.54) is 11.8 Å². The summed E-state index contributed by atoms with van der Waals surface area (Å²) in [7, 11) is 0. The number of allylic oxidation sites excluding steroid dienone is 1. The minimum Gasteiger partial charge on any atom is -0.366 e. The molecule has 1 aromatic carbocycles. The molecular weight excluding hydrogens is 272 g/mol. The highest BCUT2D eigenvalue weighted by Gasteiger charge is 2.27. The molecule has 0 fully saturated rings. The molecule has 5 nitrogen and oxygen atoms in total. The third kappa shape index (κ3) is 3.00. The predicted octanol–water partition coefficient (Wildman–Crippen LogP) is 1.70. The molecule has 1 aliphatic heterocycles. The first-order valence-corrected chi connectivity index (χ1v) is 7.02. The number of aliphatic imine (C=N–C) groups is 1. The summed E-state index contributed by atoms with van der Waals surface area (Å²) in [6.45, 7) is 1.79. The van der Waals surface area contributed by atoms with Gasteiger partial charge in [0.25, 0.3) is 0 Å². The van der Waals surface area contributed by atoms with Crippen LogP contribution in [0, 0.1) is 11.3 Å². The summed E-state index contributed by atoms with van der Waals surface area (Å²) in [5.41, 5.74) is 7.50. The fourth-order valence-corrected chi connectivity index (χ4v) is 2.62. The SMILES string of the molecule is CC1=C(C(N)=O)C(c2ccccc2)N=C(SCC#N)N1. The van der Waals surface area contributed by atoms with E-state index >= 15 is 0 Å². The van der Waals surface area contributed by atoms with Crippen molar-refractivity contribution < 1.29 is 4.79 Å². The molecule has 0 radical (unpaired) electrons. The molecule has 1 amide bonds. The normalized spacial score (nSPS) is 18.0. The van der Waals surface area contributed by atoms with Crippen LogP contribution in [0.1, 0.15) is 18.5 Å². The molecule has 1 atom stereocenters. The lowest BCUT2D eigenvalue weighted by Gasteiger charge is -2.24. The number of thioether (sulfide) groups is 1. The van der Waals surface area contributed by atoms with Gasteiger partial charge in [0.05, 0.1) is 17.4 Å². The maximum Gasteiger partial charge on any atom is 0.248 e. The number of nitrogens with one attached hydrogen (secondary N) is 1. The molecule has 1 aromatic rings. The second kappa shape index (κ2) is 6.26. The van der Waals surface area contributed by atoms with E-state index in [0.29, 0.717) is 22.2 Å². The number of benzene rings is 1. The number of amidine groups is 1. The number of nitrogens with zero attached hydrogens (tertiary/aromatic N) is 2. The molecule has 1 heterocycles. The van der Waals surface area contributed by atoms with Gasteiger partial charge in [0.1, 0.15) is 6.04 Å². The van der Waals surface area contributed by atoms with Gasteiger partial charge >= 0.3 is 0 Å². The third-order valence-electron chi connectivity index (χ3n) is 2.87. The van der Waals surface area contributed by atoms with E-state index in [9.17, 15) is 4.79 Å². The van der Waals surface area contributed by atoms with E-state index in [-0.39, 0.29) is 0 Å². The van der Waals surface area contributed by atoms with Crippen molar-refractivity contribution >= 4 is 22.8 Å². The highest BCUT2D eigenvalue weighted by molar-refractivity contribution is 8.14. The Morgan fingerprint density at radius 2 is 2.20 bits per heavy atom. The Hall–Kier alpha value is -2.26. The number of hydrogen-bond donors (Lipinski definition) is 2. The quantitative estimate of drug-likeness (QED) is 0.884. The smallest absolute Gasteiger partial charge is 0.248 e. The van der Waals surface area contributed by atoms with Crippen LogP contribution in [0.4, 0.5) is 0 Å². The molecule has 2 rings (SSSR count). The molecule has 1 aliphatic rings. The minimum absolute atomic E-state index is 0.298. The monoisotopic (exact) mass is 286 g/mol. The lowest BCUT2D eigenvalue weighted by atomic mass is 9.96. The molecule has 0 saturated heterocycles. The van der Waals surface area contributed by atoms with Gasteiger partial charge in [-0.25, -0.2) is 4.99 Å². The molecular formula is C14H14N4OS. The fourth-order valence-electron chi connectivity index (χ4n) is 2.02. The minimum atomic E-state index is -0.489. The average molecular weight is 286 g/mol. The van der Waals surface area contributed by atoms with Crippen LogP contribution in [0.2, 0.25) is 0 Å². The summed E-state index contributed by atoms with van der Waals surface area (Å²) in [5.74, 6) is -0.191. The zero-order chi connectivity index (χ0) is 14.5. The molecule has 0 aromatic heterocycles. The first kappa shape index (κ1) is 14.2. The Labute approximate surface area is 121 Å². The van der Waals surface area contributed by atoms with Crippen LogP contribution in [0.5, 0.6) is 0 Å². The van der Waals surface area contributed by atoms with Crippen LogP contribution >= 0.6 is 11.8 Å². The molecule has 0 aliphatic carbocycles. The summed E-state index contributed by atoms with van der Waals surface area (Å²) in [6, 6.07) is 11.1. The maximum atomic E-state index is 11.7. The number of primary amides is 1. The number of rotatable bonds is 3. The van der Waals surface area contributed by atoms with Crippen molar-refractivity contribution in [1.29, 1.82) is 5.26 Å². The third-order valence-corrected chi connectivity index (χ3v) is 3.63. The molecule has 3 N–H and O–H groups in total. The maximum absolute atomic E-state index is 11.7. The van der Waals surface area contributed by atoms with Crippen molar-refractivity contribution in [1.82, 2.24) is 5.32 Å². The van der Waals surface area contributed by atoms with Crippen molar-refractivity contribution in [3.05, 3.63) is 47.2 Å². The molecule has 0 saturated carbocycles. The standard InChI is InChI=1S/C14H14N4OS/c1-9-11(13(16)19)12(10-5-3-2-4-6-10)18-14(17-9)20-8-7-15/h2-6,12H,8H2,1H3,(H2,16,19)(H,17,18).